The minimum Gasteiger partial charge on any atom is -0.464 e. The molecule has 2 heterocycles. The number of thioether (sulfide) groups is 1. The number of amides is 1. The molecule has 1 aromatic carbocycles. The summed E-state index contributed by atoms with van der Waals surface area (Å²) in [5.41, 5.74) is 1.11. The first-order valence-corrected chi connectivity index (χ1v) is 13.7. The van der Waals surface area contributed by atoms with Gasteiger partial charge < -0.3 is 9.64 Å². The molecule has 0 bridgehead atoms. The summed E-state index contributed by atoms with van der Waals surface area (Å²) in [6.07, 6.45) is 4.33. The monoisotopic (exact) mass is 552 g/mol. The molecule has 1 aliphatic rings. The number of esters is 1. The highest BCUT2D eigenvalue weighted by Gasteiger charge is 2.31. The average molecular weight is 553 g/mol. The molecule has 2 aromatic rings. The zero-order chi connectivity index (χ0) is 26.5. The highest BCUT2D eigenvalue weighted by Crippen LogP contribution is 2.35. The zero-order valence-corrected chi connectivity index (χ0v) is 23.3. The Morgan fingerprint density at radius 1 is 1.14 bits per heavy atom. The van der Waals surface area contributed by atoms with Gasteiger partial charge in [-0.05, 0) is 81.6 Å². The molecule has 36 heavy (non-hydrogen) atoms. The van der Waals surface area contributed by atoms with Gasteiger partial charge in [-0.25, -0.2) is 8.78 Å². The lowest BCUT2D eigenvalue weighted by molar-refractivity contribution is -0.147. The number of unbranched alkanes of at least 4 members (excludes halogenated alkanes) is 2. The Labute approximate surface area is 224 Å². The highest BCUT2D eigenvalue weighted by atomic mass is 32.2. The molecule has 1 fully saturated rings. The van der Waals surface area contributed by atoms with Gasteiger partial charge >= 0.3 is 5.97 Å². The predicted molar refractivity (Wildman–Crippen MR) is 147 cm³/mol. The molecule has 5 nitrogen and oxygen atoms in total. The Bertz CT molecular complexity index is 1160. The summed E-state index contributed by atoms with van der Waals surface area (Å²) in [6.45, 7) is 4.87. The van der Waals surface area contributed by atoms with Gasteiger partial charge in [-0.1, -0.05) is 36.5 Å². The lowest BCUT2D eigenvalue weighted by Crippen LogP contribution is -2.43. The Balaban J connectivity index is 1.46. The van der Waals surface area contributed by atoms with E-state index in [1.165, 1.54) is 29.2 Å². The number of thiophene rings is 1. The van der Waals surface area contributed by atoms with E-state index in [0.717, 1.165) is 35.4 Å². The molecule has 0 radical (unpaired) electrons. The number of hydrogen-bond acceptors (Lipinski definition) is 7. The Hall–Kier alpha value is -2.14. The van der Waals surface area contributed by atoms with Crippen molar-refractivity contribution >= 4 is 57.6 Å². The normalized spacial score (nSPS) is 15.4. The molecule has 0 spiro atoms. The molecule has 0 aliphatic carbocycles. The lowest BCUT2D eigenvalue weighted by Gasteiger charge is -2.31. The number of nitrogens with zero attached hydrogens (tertiary/aromatic N) is 2. The van der Waals surface area contributed by atoms with E-state index in [1.807, 2.05) is 44.3 Å². The number of carbonyl (C=O) groups excluding carboxylic acids is 2. The molecular weight excluding hydrogens is 522 g/mol. The van der Waals surface area contributed by atoms with Crippen LogP contribution >= 0.6 is 35.3 Å². The van der Waals surface area contributed by atoms with Gasteiger partial charge in [-0.2, -0.15) is 0 Å². The molecule has 194 valence electrons. The number of benzene rings is 1. The van der Waals surface area contributed by atoms with Crippen LogP contribution in [-0.2, 0) is 14.3 Å². The van der Waals surface area contributed by atoms with Gasteiger partial charge in [0.2, 0.25) is 0 Å². The third-order valence-electron chi connectivity index (χ3n) is 6.08. The summed E-state index contributed by atoms with van der Waals surface area (Å²) < 4.78 is 32.7. The van der Waals surface area contributed by atoms with Crippen LogP contribution in [0.15, 0.2) is 34.6 Å². The largest absolute Gasteiger partial charge is 0.464 e. The Morgan fingerprint density at radius 3 is 2.58 bits per heavy atom. The molecule has 3 rings (SSSR count). The molecule has 0 atom stereocenters. The highest BCUT2D eigenvalue weighted by molar-refractivity contribution is 8.26. The fraction of sp³-hybridized carbons (Fsp3) is 0.423. The van der Waals surface area contributed by atoms with Gasteiger partial charge in [0, 0.05) is 23.4 Å². The van der Waals surface area contributed by atoms with Crippen LogP contribution in [-0.4, -0.2) is 58.8 Å². The van der Waals surface area contributed by atoms with Gasteiger partial charge in [0.1, 0.15) is 10.9 Å². The molecule has 0 unspecified atom stereocenters. The van der Waals surface area contributed by atoms with E-state index < -0.39 is 11.6 Å². The Morgan fingerprint density at radius 2 is 1.89 bits per heavy atom. The standard InChI is InChI=1S/C26H30F2N2O3S3/c1-26(2,29(3)4)16-33-23(31)8-6-5-7-11-30-24(32)22(36-25(30)34)14-19-12-18(15-35-19)17-9-10-20(27)21(28)13-17/h9-10,12-15H,5-8,11,16H2,1-4H3/b22-14-. The molecule has 10 heteroatoms. The van der Waals surface area contributed by atoms with Gasteiger partial charge in [0.25, 0.3) is 5.91 Å². The van der Waals surface area contributed by atoms with Crippen LogP contribution in [0.3, 0.4) is 0 Å². The molecule has 0 N–H and O–H groups in total. The van der Waals surface area contributed by atoms with E-state index in [0.29, 0.717) is 40.8 Å². The van der Waals surface area contributed by atoms with Crippen LogP contribution in [0.25, 0.3) is 17.2 Å². The van der Waals surface area contributed by atoms with Crippen LogP contribution < -0.4 is 0 Å². The summed E-state index contributed by atoms with van der Waals surface area (Å²) in [4.78, 5) is 29.8. The topological polar surface area (TPSA) is 49.9 Å². The van der Waals surface area contributed by atoms with Crippen molar-refractivity contribution in [3.63, 3.8) is 0 Å². The zero-order valence-electron chi connectivity index (χ0n) is 20.8. The third-order valence-corrected chi connectivity index (χ3v) is 8.34. The first kappa shape index (κ1) is 28.4. The fourth-order valence-electron chi connectivity index (χ4n) is 3.25. The van der Waals surface area contributed by atoms with Crippen LogP contribution in [0.5, 0.6) is 0 Å². The quantitative estimate of drug-likeness (QED) is 0.140. The number of hydrogen-bond donors (Lipinski definition) is 0. The van der Waals surface area contributed by atoms with Crippen molar-refractivity contribution in [2.45, 2.75) is 45.1 Å². The number of carbonyl (C=O) groups is 2. The number of halogens is 2. The van der Waals surface area contributed by atoms with Gasteiger partial charge in [0.15, 0.2) is 11.6 Å². The summed E-state index contributed by atoms with van der Waals surface area (Å²) in [5, 5.41) is 1.84. The van der Waals surface area contributed by atoms with Crippen LogP contribution in [0.4, 0.5) is 8.78 Å². The minimum atomic E-state index is -0.897. The van der Waals surface area contributed by atoms with Crippen LogP contribution in [0.1, 0.15) is 44.4 Å². The predicted octanol–water partition coefficient (Wildman–Crippen LogP) is 6.34. The summed E-state index contributed by atoms with van der Waals surface area (Å²) in [6, 6.07) is 5.61. The van der Waals surface area contributed by atoms with Crippen molar-refractivity contribution in [1.82, 2.24) is 9.80 Å². The van der Waals surface area contributed by atoms with Crippen molar-refractivity contribution in [1.29, 1.82) is 0 Å². The second-order valence-electron chi connectivity index (χ2n) is 9.38. The Kier molecular flexibility index (Phi) is 9.79. The van der Waals surface area contributed by atoms with Gasteiger partial charge in [0.05, 0.1) is 4.91 Å². The minimum absolute atomic E-state index is 0.141. The van der Waals surface area contributed by atoms with Crippen LogP contribution in [0.2, 0.25) is 0 Å². The number of likely N-dealkylation sites (N-methyl/N-ethyl adjacent to an activating group) is 1. The molecule has 1 amide bonds. The van der Waals surface area contributed by atoms with E-state index in [9.17, 15) is 18.4 Å². The van der Waals surface area contributed by atoms with Crippen LogP contribution in [0, 0.1) is 11.6 Å². The first-order chi connectivity index (χ1) is 17.0. The average Bonchev–Trinajstić information content (AvgIpc) is 3.39. The number of rotatable bonds is 11. The third kappa shape index (κ3) is 7.44. The maximum absolute atomic E-state index is 13.6. The van der Waals surface area contributed by atoms with Gasteiger partial charge in [-0.3, -0.25) is 14.5 Å². The second kappa shape index (κ2) is 12.4. The molecular formula is C26H30F2N2O3S3. The maximum Gasteiger partial charge on any atom is 0.305 e. The SMILES string of the molecule is CN(C)C(C)(C)COC(=O)CCCCCN1C(=O)/C(=C/c2cc(-c3ccc(F)c(F)c3)cs2)SC1=S. The van der Waals surface area contributed by atoms with Crippen molar-refractivity contribution in [2.24, 2.45) is 0 Å². The van der Waals surface area contributed by atoms with E-state index in [4.69, 9.17) is 17.0 Å². The summed E-state index contributed by atoms with van der Waals surface area (Å²) in [5.74, 6) is -2.14. The van der Waals surface area contributed by atoms with Crippen molar-refractivity contribution in [2.75, 3.05) is 27.2 Å². The lowest BCUT2D eigenvalue weighted by atomic mass is 10.1. The molecule has 1 aromatic heterocycles. The van der Waals surface area contributed by atoms with E-state index >= 15 is 0 Å². The summed E-state index contributed by atoms with van der Waals surface area (Å²) in [7, 11) is 3.90. The maximum atomic E-state index is 13.6. The van der Waals surface area contributed by atoms with Crippen molar-refractivity contribution < 1.29 is 23.1 Å². The van der Waals surface area contributed by atoms with E-state index in [2.05, 4.69) is 0 Å². The van der Waals surface area contributed by atoms with E-state index in [-0.39, 0.29) is 17.4 Å². The van der Waals surface area contributed by atoms with Crippen molar-refractivity contribution in [3.05, 3.63) is 51.1 Å². The summed E-state index contributed by atoms with van der Waals surface area (Å²) >= 11 is 8.07. The molecule has 1 aliphatic heterocycles. The van der Waals surface area contributed by atoms with Gasteiger partial charge in [-0.15, -0.1) is 11.3 Å². The van der Waals surface area contributed by atoms with Crippen molar-refractivity contribution in [3.8, 4) is 11.1 Å². The number of thiocarbonyl (C=S) groups is 1. The first-order valence-electron chi connectivity index (χ1n) is 11.6. The number of ether oxygens (including phenoxy) is 1. The smallest absolute Gasteiger partial charge is 0.305 e. The fourth-order valence-corrected chi connectivity index (χ4v) is 5.47. The second-order valence-corrected chi connectivity index (χ2v) is 12.0. The molecule has 1 saturated heterocycles. The van der Waals surface area contributed by atoms with E-state index in [1.54, 1.807) is 11.0 Å². The molecule has 0 saturated carbocycles.